The first-order chi connectivity index (χ1) is 10.1. The van der Waals surface area contributed by atoms with Gasteiger partial charge in [-0.3, -0.25) is 0 Å². The van der Waals surface area contributed by atoms with E-state index in [1.165, 1.54) is 0 Å². The molecule has 0 heterocycles. The fraction of sp³-hybridized carbons (Fsp3) is 0.294. The van der Waals surface area contributed by atoms with Crippen LogP contribution < -0.4 is 15.2 Å². The molecule has 0 bridgehead atoms. The van der Waals surface area contributed by atoms with E-state index in [0.717, 1.165) is 29.0 Å². The summed E-state index contributed by atoms with van der Waals surface area (Å²) in [6.45, 7) is 2.46. The van der Waals surface area contributed by atoms with Crippen LogP contribution in [0.3, 0.4) is 0 Å². The summed E-state index contributed by atoms with van der Waals surface area (Å²) in [6, 6.07) is 13.5. The lowest BCUT2D eigenvalue weighted by molar-refractivity contribution is 0.302. The second-order valence-electron chi connectivity index (χ2n) is 5.07. The number of methoxy groups -OCH3 is 1. The van der Waals surface area contributed by atoms with Crippen molar-refractivity contribution in [3.63, 3.8) is 0 Å². The van der Waals surface area contributed by atoms with Crippen LogP contribution in [0.5, 0.6) is 11.5 Å². The fourth-order valence-corrected chi connectivity index (χ4v) is 2.27. The number of halogens is 1. The van der Waals surface area contributed by atoms with Crippen LogP contribution >= 0.6 is 11.6 Å². The third kappa shape index (κ3) is 4.66. The van der Waals surface area contributed by atoms with Crippen molar-refractivity contribution in [2.24, 2.45) is 5.73 Å². The van der Waals surface area contributed by atoms with Crippen LogP contribution in [0, 0.1) is 0 Å². The first-order valence-electron chi connectivity index (χ1n) is 6.88. The summed E-state index contributed by atoms with van der Waals surface area (Å²) in [7, 11) is 1.65. The van der Waals surface area contributed by atoms with Gasteiger partial charge >= 0.3 is 0 Å². The normalized spacial score (nSPS) is 12.0. The molecule has 2 aromatic carbocycles. The molecule has 2 rings (SSSR count). The monoisotopic (exact) mass is 305 g/mol. The molecule has 3 nitrogen and oxygen atoms in total. The summed E-state index contributed by atoms with van der Waals surface area (Å²) in [5, 5.41) is 0.697. The van der Waals surface area contributed by atoms with Crippen LogP contribution in [-0.4, -0.2) is 13.2 Å². The van der Waals surface area contributed by atoms with Gasteiger partial charge < -0.3 is 15.2 Å². The fourth-order valence-electron chi connectivity index (χ4n) is 2.08. The van der Waals surface area contributed by atoms with E-state index in [4.69, 9.17) is 26.8 Å². The van der Waals surface area contributed by atoms with Crippen molar-refractivity contribution < 1.29 is 9.47 Å². The van der Waals surface area contributed by atoms with Gasteiger partial charge in [0, 0.05) is 11.1 Å². The second kappa shape index (κ2) is 7.34. The Balaban J connectivity index is 2.07. The average Bonchev–Trinajstić information content (AvgIpc) is 2.46. The van der Waals surface area contributed by atoms with Gasteiger partial charge in [0.25, 0.3) is 0 Å². The van der Waals surface area contributed by atoms with Crippen molar-refractivity contribution in [1.29, 1.82) is 0 Å². The van der Waals surface area contributed by atoms with E-state index < -0.39 is 0 Å². The summed E-state index contributed by atoms with van der Waals surface area (Å²) >= 11 is 6.04. The van der Waals surface area contributed by atoms with Gasteiger partial charge in [0.2, 0.25) is 0 Å². The minimum absolute atomic E-state index is 0.0619. The molecule has 0 aliphatic carbocycles. The Hall–Kier alpha value is -1.71. The Kier molecular flexibility index (Phi) is 5.48. The van der Waals surface area contributed by atoms with Crippen LogP contribution in [0.25, 0.3) is 0 Å². The Bertz CT molecular complexity index is 582. The second-order valence-corrected chi connectivity index (χ2v) is 5.51. The smallest absolute Gasteiger partial charge is 0.123 e. The number of nitrogens with two attached hydrogens (primary N) is 1. The van der Waals surface area contributed by atoms with Crippen molar-refractivity contribution in [2.45, 2.75) is 26.0 Å². The summed E-state index contributed by atoms with van der Waals surface area (Å²) < 4.78 is 11.0. The molecule has 0 spiro atoms. The van der Waals surface area contributed by atoms with E-state index in [1.54, 1.807) is 7.11 Å². The zero-order chi connectivity index (χ0) is 15.2. The number of hydrogen-bond acceptors (Lipinski definition) is 3. The zero-order valence-electron chi connectivity index (χ0n) is 12.3. The molecule has 21 heavy (non-hydrogen) atoms. The summed E-state index contributed by atoms with van der Waals surface area (Å²) in [4.78, 5) is 0. The molecule has 0 aromatic heterocycles. The van der Waals surface area contributed by atoms with E-state index in [-0.39, 0.29) is 6.04 Å². The predicted octanol–water partition coefficient (Wildman–Crippen LogP) is 3.82. The molecule has 2 aromatic rings. The minimum Gasteiger partial charge on any atom is -0.497 e. The molecular formula is C17H20ClNO2. The zero-order valence-corrected chi connectivity index (χ0v) is 13.1. The predicted molar refractivity (Wildman–Crippen MR) is 86.1 cm³/mol. The Morgan fingerprint density at radius 1 is 1.14 bits per heavy atom. The first kappa shape index (κ1) is 15.7. The minimum atomic E-state index is 0.0619. The van der Waals surface area contributed by atoms with Crippen molar-refractivity contribution in [3.05, 3.63) is 58.6 Å². The Labute approximate surface area is 130 Å². The van der Waals surface area contributed by atoms with Crippen molar-refractivity contribution in [2.75, 3.05) is 7.11 Å². The van der Waals surface area contributed by atoms with Crippen molar-refractivity contribution in [3.8, 4) is 11.5 Å². The molecule has 4 heteroatoms. The number of ether oxygens (including phenoxy) is 2. The lowest BCUT2D eigenvalue weighted by Crippen LogP contribution is -2.18. The number of hydrogen-bond donors (Lipinski definition) is 1. The number of rotatable bonds is 6. The molecule has 0 aliphatic heterocycles. The van der Waals surface area contributed by atoms with E-state index in [1.807, 2.05) is 49.4 Å². The first-order valence-corrected chi connectivity index (χ1v) is 7.26. The van der Waals surface area contributed by atoms with E-state index in [2.05, 4.69) is 0 Å². The average molecular weight is 306 g/mol. The molecule has 0 aliphatic rings. The Morgan fingerprint density at radius 3 is 2.48 bits per heavy atom. The highest BCUT2D eigenvalue weighted by atomic mass is 35.5. The third-order valence-corrected chi connectivity index (χ3v) is 3.35. The van der Waals surface area contributed by atoms with Crippen LogP contribution in [0.15, 0.2) is 42.5 Å². The maximum Gasteiger partial charge on any atom is 0.123 e. The molecule has 1 atom stereocenters. The van der Waals surface area contributed by atoms with Crippen LogP contribution in [-0.2, 0) is 13.0 Å². The highest BCUT2D eigenvalue weighted by Crippen LogP contribution is 2.25. The highest BCUT2D eigenvalue weighted by molar-refractivity contribution is 6.30. The van der Waals surface area contributed by atoms with Crippen molar-refractivity contribution in [1.82, 2.24) is 0 Å². The van der Waals surface area contributed by atoms with E-state index in [0.29, 0.717) is 11.6 Å². The van der Waals surface area contributed by atoms with Gasteiger partial charge in [-0.05, 0) is 54.8 Å². The van der Waals surface area contributed by atoms with Gasteiger partial charge in [-0.15, -0.1) is 0 Å². The highest BCUT2D eigenvalue weighted by Gasteiger charge is 2.08. The molecule has 112 valence electrons. The van der Waals surface area contributed by atoms with Crippen LogP contribution in [0.1, 0.15) is 18.1 Å². The SMILES string of the molecule is COc1ccc(COc2ccc(Cl)cc2CC(C)N)cc1. The van der Waals surface area contributed by atoms with Gasteiger partial charge in [-0.25, -0.2) is 0 Å². The van der Waals surface area contributed by atoms with Gasteiger partial charge in [0.1, 0.15) is 18.1 Å². The van der Waals surface area contributed by atoms with Gasteiger partial charge in [-0.1, -0.05) is 23.7 Å². The molecule has 0 amide bonds. The summed E-state index contributed by atoms with van der Waals surface area (Å²) in [5.41, 5.74) is 7.98. The van der Waals surface area contributed by atoms with E-state index >= 15 is 0 Å². The molecule has 2 N–H and O–H groups in total. The van der Waals surface area contributed by atoms with E-state index in [9.17, 15) is 0 Å². The molecule has 0 saturated heterocycles. The number of benzene rings is 2. The molecule has 0 fully saturated rings. The Morgan fingerprint density at radius 2 is 1.86 bits per heavy atom. The van der Waals surface area contributed by atoms with Crippen LogP contribution in [0.2, 0.25) is 5.02 Å². The molecular weight excluding hydrogens is 286 g/mol. The van der Waals surface area contributed by atoms with Crippen molar-refractivity contribution >= 4 is 11.6 Å². The van der Waals surface area contributed by atoms with Gasteiger partial charge in [0.15, 0.2) is 0 Å². The van der Waals surface area contributed by atoms with Gasteiger partial charge in [-0.2, -0.15) is 0 Å². The lowest BCUT2D eigenvalue weighted by Gasteiger charge is -2.14. The van der Waals surface area contributed by atoms with Crippen LogP contribution in [0.4, 0.5) is 0 Å². The quantitative estimate of drug-likeness (QED) is 0.882. The van der Waals surface area contributed by atoms with Gasteiger partial charge in [0.05, 0.1) is 7.11 Å². The summed E-state index contributed by atoms with van der Waals surface area (Å²) in [5.74, 6) is 1.66. The molecule has 1 unspecified atom stereocenters. The summed E-state index contributed by atoms with van der Waals surface area (Å²) in [6.07, 6.45) is 0.735. The molecule has 0 radical (unpaired) electrons. The standard InChI is InChI=1S/C17H20ClNO2/c1-12(19)9-14-10-15(18)5-8-17(14)21-11-13-3-6-16(20-2)7-4-13/h3-8,10,12H,9,11,19H2,1-2H3. The lowest BCUT2D eigenvalue weighted by atomic mass is 10.1. The maximum atomic E-state index is 6.04. The third-order valence-electron chi connectivity index (χ3n) is 3.12. The largest absolute Gasteiger partial charge is 0.497 e. The molecule has 0 saturated carbocycles. The topological polar surface area (TPSA) is 44.5 Å². The maximum absolute atomic E-state index is 6.04.